The van der Waals surface area contributed by atoms with E-state index in [0.29, 0.717) is 14.5 Å². The van der Waals surface area contributed by atoms with Gasteiger partial charge in [0.1, 0.15) is 5.69 Å². The average molecular weight is 413 g/mol. The maximum absolute atomic E-state index is 12.4. The van der Waals surface area contributed by atoms with Gasteiger partial charge in [0.2, 0.25) is 0 Å². The molecule has 0 aliphatic heterocycles. The number of benzene rings is 1. The molecule has 0 aliphatic carbocycles. The molecule has 3 N–H and O–H groups in total. The van der Waals surface area contributed by atoms with Gasteiger partial charge in [-0.15, -0.1) is 0 Å². The molecule has 1 aromatic carbocycles. The first-order chi connectivity index (χ1) is 10.1. The summed E-state index contributed by atoms with van der Waals surface area (Å²) in [6.07, 6.45) is 1.51. The lowest BCUT2D eigenvalue weighted by molar-refractivity contribution is 0.100. The van der Waals surface area contributed by atoms with Gasteiger partial charge in [-0.1, -0.05) is 12.1 Å². The van der Waals surface area contributed by atoms with Crippen LogP contribution in [0.2, 0.25) is 0 Å². The molecule has 106 valence electrons. The van der Waals surface area contributed by atoms with Gasteiger partial charge in [-0.3, -0.25) is 20.1 Å². The molecule has 0 fully saturated rings. The molecule has 3 rings (SSSR count). The molecule has 7 nitrogen and oxygen atoms in total. The number of carbonyl (C=O) groups excluding carboxylic acids is 1. The molecule has 0 bridgehead atoms. The van der Waals surface area contributed by atoms with Crippen LogP contribution in [0.5, 0.6) is 0 Å². The Morgan fingerprint density at radius 1 is 1.38 bits per heavy atom. The third-order valence-electron chi connectivity index (χ3n) is 2.84. The maximum Gasteiger partial charge on any atom is 0.289 e. The summed E-state index contributed by atoms with van der Waals surface area (Å²) in [5, 5.41) is 6.77. The summed E-state index contributed by atoms with van der Waals surface area (Å²) in [5.41, 5.74) is 2.96. The minimum Gasteiger partial charge on any atom is -0.330 e. The van der Waals surface area contributed by atoms with Gasteiger partial charge in [-0.25, -0.2) is 0 Å². The Morgan fingerprint density at radius 2 is 2.14 bits per heavy atom. The number of nitrogens with one attached hydrogen (secondary N) is 3. The highest BCUT2D eigenvalue weighted by molar-refractivity contribution is 14.1. The molecule has 0 saturated heterocycles. The van der Waals surface area contributed by atoms with E-state index in [1.807, 2.05) is 22.6 Å². The Balaban J connectivity index is 2.09. The largest absolute Gasteiger partial charge is 0.330 e. The smallest absolute Gasteiger partial charge is 0.289 e. The SMILES string of the molecule is O=C(Nn1c(=S)[nH]c2ccccc2c1=O)c1[nH]ncc1I. The Kier molecular flexibility index (Phi) is 3.59. The fraction of sp³-hybridized carbons (Fsp3) is 0. The summed E-state index contributed by atoms with van der Waals surface area (Å²) in [7, 11) is 0. The van der Waals surface area contributed by atoms with E-state index in [0.717, 1.165) is 4.68 Å². The predicted octanol–water partition coefficient (Wildman–Crippen LogP) is 1.77. The van der Waals surface area contributed by atoms with Gasteiger partial charge in [0.05, 0.1) is 20.7 Å². The molecule has 0 atom stereocenters. The Morgan fingerprint density at radius 3 is 2.86 bits per heavy atom. The number of aromatic nitrogens is 4. The van der Waals surface area contributed by atoms with Crippen molar-refractivity contribution in [3.8, 4) is 0 Å². The van der Waals surface area contributed by atoms with Crippen molar-refractivity contribution in [2.45, 2.75) is 0 Å². The van der Waals surface area contributed by atoms with E-state index in [-0.39, 0.29) is 10.5 Å². The Labute approximate surface area is 136 Å². The zero-order valence-electron chi connectivity index (χ0n) is 10.4. The van der Waals surface area contributed by atoms with Crippen molar-refractivity contribution in [2.24, 2.45) is 0 Å². The van der Waals surface area contributed by atoms with Crippen LogP contribution in [0.1, 0.15) is 10.5 Å². The van der Waals surface area contributed by atoms with Crippen molar-refractivity contribution >= 4 is 51.6 Å². The van der Waals surface area contributed by atoms with E-state index in [1.54, 1.807) is 24.3 Å². The molecule has 0 saturated carbocycles. The minimum absolute atomic E-state index is 0.113. The van der Waals surface area contributed by atoms with Crippen LogP contribution in [0.15, 0.2) is 35.3 Å². The highest BCUT2D eigenvalue weighted by atomic mass is 127. The van der Waals surface area contributed by atoms with Crippen molar-refractivity contribution in [3.05, 3.63) is 54.9 Å². The number of amides is 1. The molecule has 2 heterocycles. The normalized spacial score (nSPS) is 10.7. The van der Waals surface area contributed by atoms with Crippen molar-refractivity contribution < 1.29 is 4.79 Å². The van der Waals surface area contributed by atoms with Crippen molar-refractivity contribution in [2.75, 3.05) is 5.43 Å². The number of rotatable bonds is 2. The van der Waals surface area contributed by atoms with Crippen LogP contribution >= 0.6 is 34.8 Å². The summed E-state index contributed by atoms with van der Waals surface area (Å²) in [6.45, 7) is 0. The molecular weight excluding hydrogens is 405 g/mol. The standard InChI is InChI=1S/C12H8IN5O2S/c13-7-5-14-16-9(7)10(19)17-18-11(20)6-3-1-2-4-8(6)15-12(18)21/h1-5H,(H,14,16)(H,15,21)(H,17,19). The van der Waals surface area contributed by atoms with Crippen molar-refractivity contribution in [1.29, 1.82) is 0 Å². The Hall–Kier alpha value is -2.01. The van der Waals surface area contributed by atoms with Crippen LogP contribution in [-0.2, 0) is 0 Å². The summed E-state index contributed by atoms with van der Waals surface area (Å²) in [4.78, 5) is 27.4. The fourth-order valence-corrected chi connectivity index (χ4v) is 2.60. The van der Waals surface area contributed by atoms with Crippen molar-refractivity contribution in [3.63, 3.8) is 0 Å². The second-order valence-electron chi connectivity index (χ2n) is 4.15. The number of para-hydroxylation sites is 1. The topological polar surface area (TPSA) is 95.6 Å². The molecule has 0 aliphatic rings. The molecule has 0 radical (unpaired) electrons. The van der Waals surface area contributed by atoms with Gasteiger partial charge in [0.25, 0.3) is 11.5 Å². The quantitative estimate of drug-likeness (QED) is 0.441. The second-order valence-corrected chi connectivity index (χ2v) is 5.70. The molecule has 0 unspecified atom stereocenters. The number of hydrogen-bond acceptors (Lipinski definition) is 4. The number of carbonyl (C=O) groups is 1. The van der Waals surface area contributed by atoms with Gasteiger partial charge in [0.15, 0.2) is 4.77 Å². The van der Waals surface area contributed by atoms with Crippen LogP contribution in [0.4, 0.5) is 0 Å². The zero-order chi connectivity index (χ0) is 15.0. The van der Waals surface area contributed by atoms with Crippen LogP contribution in [-0.4, -0.2) is 25.8 Å². The molecule has 9 heteroatoms. The second kappa shape index (κ2) is 5.41. The van der Waals surface area contributed by atoms with E-state index < -0.39 is 11.5 Å². The summed E-state index contributed by atoms with van der Waals surface area (Å²) in [5.74, 6) is -0.492. The van der Waals surface area contributed by atoms with E-state index in [2.05, 4.69) is 20.6 Å². The average Bonchev–Trinajstić information content (AvgIpc) is 2.89. The van der Waals surface area contributed by atoms with Gasteiger partial charge >= 0.3 is 0 Å². The van der Waals surface area contributed by atoms with E-state index in [1.165, 1.54) is 6.20 Å². The molecular formula is C12H8IN5O2S. The van der Waals surface area contributed by atoms with Crippen LogP contribution in [0.25, 0.3) is 10.9 Å². The van der Waals surface area contributed by atoms with Gasteiger partial charge < -0.3 is 4.98 Å². The van der Waals surface area contributed by atoms with Crippen molar-refractivity contribution in [1.82, 2.24) is 19.9 Å². The number of hydrogen-bond donors (Lipinski definition) is 3. The lowest BCUT2D eigenvalue weighted by Crippen LogP contribution is -2.34. The van der Waals surface area contributed by atoms with E-state index in [4.69, 9.17) is 12.2 Å². The van der Waals surface area contributed by atoms with E-state index >= 15 is 0 Å². The third-order valence-corrected chi connectivity index (χ3v) is 3.94. The van der Waals surface area contributed by atoms with Gasteiger partial charge in [-0.05, 0) is 46.9 Å². The van der Waals surface area contributed by atoms with Crippen LogP contribution < -0.4 is 11.0 Å². The lowest BCUT2D eigenvalue weighted by atomic mass is 10.2. The highest BCUT2D eigenvalue weighted by Gasteiger charge is 2.14. The summed E-state index contributed by atoms with van der Waals surface area (Å²) in [6, 6.07) is 6.94. The minimum atomic E-state index is -0.492. The first-order valence-electron chi connectivity index (χ1n) is 5.82. The molecule has 2 aromatic heterocycles. The molecule has 3 aromatic rings. The number of H-pyrrole nitrogens is 2. The zero-order valence-corrected chi connectivity index (χ0v) is 13.4. The molecule has 21 heavy (non-hydrogen) atoms. The van der Waals surface area contributed by atoms with Gasteiger partial charge in [0, 0.05) is 0 Å². The van der Waals surface area contributed by atoms with Crippen LogP contribution in [0.3, 0.4) is 0 Å². The first-order valence-corrected chi connectivity index (χ1v) is 7.31. The van der Waals surface area contributed by atoms with E-state index in [9.17, 15) is 9.59 Å². The monoisotopic (exact) mass is 413 g/mol. The Bertz CT molecular complexity index is 958. The van der Waals surface area contributed by atoms with Crippen LogP contribution in [0, 0.1) is 8.34 Å². The maximum atomic E-state index is 12.4. The number of aromatic amines is 2. The predicted molar refractivity (Wildman–Crippen MR) is 88.4 cm³/mol. The fourth-order valence-electron chi connectivity index (χ4n) is 1.85. The number of halogens is 1. The number of nitrogens with zero attached hydrogens (tertiary/aromatic N) is 2. The number of fused-ring (bicyclic) bond motifs is 1. The third kappa shape index (κ3) is 2.49. The lowest BCUT2D eigenvalue weighted by Gasteiger charge is -2.08. The molecule has 1 amide bonds. The van der Waals surface area contributed by atoms with Gasteiger partial charge in [-0.2, -0.15) is 9.77 Å². The highest BCUT2D eigenvalue weighted by Crippen LogP contribution is 2.08. The summed E-state index contributed by atoms with van der Waals surface area (Å²) < 4.78 is 1.77. The summed E-state index contributed by atoms with van der Waals surface area (Å²) >= 11 is 7.08. The first kappa shape index (κ1) is 13.9. The molecule has 0 spiro atoms.